The lowest BCUT2D eigenvalue weighted by atomic mass is 9.88. The van der Waals surface area contributed by atoms with Crippen molar-refractivity contribution in [2.24, 2.45) is 5.92 Å². The van der Waals surface area contributed by atoms with Crippen molar-refractivity contribution in [3.8, 4) is 17.3 Å². The fraction of sp³-hybridized carbons (Fsp3) is 0.214. The Morgan fingerprint density at radius 2 is 2.26 bits per heavy atom. The molecule has 0 aromatic carbocycles. The van der Waals surface area contributed by atoms with Crippen LogP contribution in [0.1, 0.15) is 18.5 Å². The minimum absolute atomic E-state index is 0.0771. The number of rotatable bonds is 1. The van der Waals surface area contributed by atoms with Crippen molar-refractivity contribution in [3.05, 3.63) is 41.3 Å². The van der Waals surface area contributed by atoms with Crippen LogP contribution >= 0.6 is 11.6 Å². The molecule has 4 nitrogen and oxygen atoms in total. The van der Waals surface area contributed by atoms with E-state index in [-0.39, 0.29) is 11.8 Å². The predicted octanol–water partition coefficient (Wildman–Crippen LogP) is 3.33. The molecule has 2 aromatic rings. The zero-order valence-electron chi connectivity index (χ0n) is 10.3. The van der Waals surface area contributed by atoms with Crippen molar-refractivity contribution < 1.29 is 0 Å². The summed E-state index contributed by atoms with van der Waals surface area (Å²) < 4.78 is 1.80. The van der Waals surface area contributed by atoms with Gasteiger partial charge in [0.05, 0.1) is 29.6 Å². The SMILES string of the molecule is CC1c2c(-c3cccc(Cl)n3)cnn2C=CC1C#N. The van der Waals surface area contributed by atoms with Gasteiger partial charge in [0.25, 0.3) is 0 Å². The fourth-order valence-corrected chi connectivity index (χ4v) is 2.53. The Morgan fingerprint density at radius 1 is 1.42 bits per heavy atom. The van der Waals surface area contributed by atoms with Gasteiger partial charge in [0.2, 0.25) is 0 Å². The molecule has 0 saturated carbocycles. The average molecular weight is 271 g/mol. The van der Waals surface area contributed by atoms with E-state index in [1.54, 1.807) is 16.9 Å². The molecule has 1 aliphatic rings. The first-order valence-electron chi connectivity index (χ1n) is 5.99. The van der Waals surface area contributed by atoms with Crippen LogP contribution in [0.25, 0.3) is 17.5 Å². The molecule has 3 heterocycles. The summed E-state index contributed by atoms with van der Waals surface area (Å²) in [5, 5.41) is 13.9. The van der Waals surface area contributed by atoms with E-state index in [1.807, 2.05) is 31.3 Å². The zero-order chi connectivity index (χ0) is 13.4. The van der Waals surface area contributed by atoms with Crippen molar-refractivity contribution in [2.45, 2.75) is 12.8 Å². The van der Waals surface area contributed by atoms with Gasteiger partial charge in [-0.05, 0) is 18.2 Å². The van der Waals surface area contributed by atoms with Crippen LogP contribution < -0.4 is 0 Å². The summed E-state index contributed by atoms with van der Waals surface area (Å²) in [4.78, 5) is 4.31. The first-order valence-corrected chi connectivity index (χ1v) is 6.37. The number of allylic oxidation sites excluding steroid dienone is 1. The van der Waals surface area contributed by atoms with Gasteiger partial charge in [-0.15, -0.1) is 0 Å². The van der Waals surface area contributed by atoms with E-state index in [0.717, 1.165) is 17.0 Å². The molecule has 0 aliphatic carbocycles. The number of hydrogen-bond donors (Lipinski definition) is 0. The van der Waals surface area contributed by atoms with E-state index in [0.29, 0.717) is 5.15 Å². The van der Waals surface area contributed by atoms with Crippen molar-refractivity contribution in [1.29, 1.82) is 5.26 Å². The standard InChI is InChI=1S/C14H11ClN4/c1-9-10(7-16)5-6-19-14(9)11(8-17-19)12-3-2-4-13(15)18-12/h2-6,8-10H,1H3. The molecule has 3 rings (SSSR count). The monoisotopic (exact) mass is 270 g/mol. The van der Waals surface area contributed by atoms with Gasteiger partial charge in [0, 0.05) is 17.7 Å². The number of aromatic nitrogens is 3. The predicted molar refractivity (Wildman–Crippen MR) is 73.3 cm³/mol. The molecule has 5 heteroatoms. The highest BCUT2D eigenvalue weighted by atomic mass is 35.5. The molecular weight excluding hydrogens is 260 g/mol. The number of fused-ring (bicyclic) bond motifs is 1. The zero-order valence-corrected chi connectivity index (χ0v) is 11.0. The summed E-state index contributed by atoms with van der Waals surface area (Å²) in [7, 11) is 0. The Bertz CT molecular complexity index is 696. The van der Waals surface area contributed by atoms with Crippen LogP contribution in [0, 0.1) is 17.2 Å². The van der Waals surface area contributed by atoms with E-state index in [1.165, 1.54) is 0 Å². The second-order valence-electron chi connectivity index (χ2n) is 4.52. The highest BCUT2D eigenvalue weighted by molar-refractivity contribution is 6.29. The maximum atomic E-state index is 9.16. The van der Waals surface area contributed by atoms with Crippen molar-refractivity contribution >= 4 is 17.8 Å². The topological polar surface area (TPSA) is 54.5 Å². The van der Waals surface area contributed by atoms with Gasteiger partial charge in [0.15, 0.2) is 0 Å². The second kappa shape index (κ2) is 4.52. The van der Waals surface area contributed by atoms with Crippen LogP contribution in [0.5, 0.6) is 0 Å². The van der Waals surface area contributed by atoms with E-state index in [2.05, 4.69) is 16.2 Å². The van der Waals surface area contributed by atoms with Crippen LogP contribution in [0.3, 0.4) is 0 Å². The summed E-state index contributed by atoms with van der Waals surface area (Å²) in [5.41, 5.74) is 2.72. The van der Waals surface area contributed by atoms with E-state index in [4.69, 9.17) is 16.9 Å². The summed E-state index contributed by atoms with van der Waals surface area (Å²) in [6.07, 6.45) is 5.48. The number of nitriles is 1. The third kappa shape index (κ3) is 1.92. The maximum Gasteiger partial charge on any atom is 0.129 e. The molecule has 0 fully saturated rings. The van der Waals surface area contributed by atoms with Crippen molar-refractivity contribution in [2.75, 3.05) is 0 Å². The van der Waals surface area contributed by atoms with Crippen LogP contribution in [0.2, 0.25) is 5.15 Å². The van der Waals surface area contributed by atoms with Crippen molar-refractivity contribution in [3.63, 3.8) is 0 Å². The van der Waals surface area contributed by atoms with Gasteiger partial charge >= 0.3 is 0 Å². The lowest BCUT2D eigenvalue weighted by Gasteiger charge is -2.21. The first kappa shape index (κ1) is 11.9. The molecule has 0 spiro atoms. The second-order valence-corrected chi connectivity index (χ2v) is 4.91. The molecule has 19 heavy (non-hydrogen) atoms. The van der Waals surface area contributed by atoms with E-state index >= 15 is 0 Å². The quantitative estimate of drug-likeness (QED) is 0.747. The molecule has 0 saturated heterocycles. The van der Waals surface area contributed by atoms with Crippen LogP contribution in [-0.2, 0) is 0 Å². The van der Waals surface area contributed by atoms with Gasteiger partial charge in [-0.1, -0.05) is 24.6 Å². The molecule has 0 bridgehead atoms. The number of pyridine rings is 1. The highest BCUT2D eigenvalue weighted by Gasteiger charge is 2.27. The van der Waals surface area contributed by atoms with Crippen molar-refractivity contribution in [1.82, 2.24) is 14.8 Å². The average Bonchev–Trinajstić information content (AvgIpc) is 2.84. The van der Waals surface area contributed by atoms with E-state index < -0.39 is 0 Å². The lowest BCUT2D eigenvalue weighted by Crippen LogP contribution is -2.15. The van der Waals surface area contributed by atoms with Crippen LogP contribution in [0.4, 0.5) is 0 Å². The van der Waals surface area contributed by atoms with Crippen LogP contribution in [-0.4, -0.2) is 14.8 Å². The lowest BCUT2D eigenvalue weighted by molar-refractivity contribution is 0.599. The molecular formula is C14H11ClN4. The summed E-state index contributed by atoms with van der Waals surface area (Å²) >= 11 is 5.93. The fourth-order valence-electron chi connectivity index (χ4n) is 2.37. The van der Waals surface area contributed by atoms with Gasteiger partial charge in [-0.3, -0.25) is 0 Å². The van der Waals surface area contributed by atoms with Gasteiger partial charge < -0.3 is 0 Å². The molecule has 2 unspecified atom stereocenters. The normalized spacial score (nSPS) is 20.9. The van der Waals surface area contributed by atoms with Crippen LogP contribution in [0.15, 0.2) is 30.5 Å². The highest BCUT2D eigenvalue weighted by Crippen LogP contribution is 2.36. The Labute approximate surface area is 116 Å². The smallest absolute Gasteiger partial charge is 0.129 e. The minimum Gasteiger partial charge on any atom is -0.244 e. The Hall–Kier alpha value is -2.12. The molecule has 0 amide bonds. The number of hydrogen-bond acceptors (Lipinski definition) is 3. The molecule has 0 radical (unpaired) electrons. The largest absolute Gasteiger partial charge is 0.244 e. The Kier molecular flexibility index (Phi) is 2.84. The Morgan fingerprint density at radius 3 is 3.00 bits per heavy atom. The molecule has 2 aromatic heterocycles. The molecule has 0 N–H and O–H groups in total. The number of halogens is 1. The summed E-state index contributed by atoms with van der Waals surface area (Å²) in [5.74, 6) is -0.0598. The van der Waals surface area contributed by atoms with E-state index in [9.17, 15) is 0 Å². The Balaban J connectivity index is 2.15. The third-order valence-electron chi connectivity index (χ3n) is 3.38. The third-order valence-corrected chi connectivity index (χ3v) is 3.59. The number of nitrogens with zero attached hydrogens (tertiary/aromatic N) is 4. The molecule has 94 valence electrons. The first-order chi connectivity index (χ1) is 9.20. The van der Waals surface area contributed by atoms with Gasteiger partial charge in [-0.25, -0.2) is 9.67 Å². The minimum atomic E-state index is -0.137. The summed E-state index contributed by atoms with van der Waals surface area (Å²) in [6, 6.07) is 7.80. The summed E-state index contributed by atoms with van der Waals surface area (Å²) in [6.45, 7) is 2.03. The van der Waals surface area contributed by atoms with Gasteiger partial charge in [-0.2, -0.15) is 10.4 Å². The maximum absolute atomic E-state index is 9.16. The van der Waals surface area contributed by atoms with Gasteiger partial charge in [0.1, 0.15) is 5.15 Å². The molecule has 1 aliphatic heterocycles. The molecule has 2 atom stereocenters.